The number of fused-ring (bicyclic) bond motifs is 1. The van der Waals surface area contributed by atoms with Crippen molar-refractivity contribution in [2.45, 2.75) is 13.0 Å². The monoisotopic (exact) mass is 261 g/mol. The summed E-state index contributed by atoms with van der Waals surface area (Å²) in [7, 11) is 0. The van der Waals surface area contributed by atoms with Crippen LogP contribution in [-0.2, 0) is 4.79 Å². The normalized spacial score (nSPS) is 18.4. The van der Waals surface area contributed by atoms with Crippen LogP contribution in [0.4, 0.5) is 5.95 Å². The fraction of sp³-hybridized carbons (Fsp3) is 0.182. The third-order valence-electron chi connectivity index (χ3n) is 2.87. The molecule has 0 unspecified atom stereocenters. The summed E-state index contributed by atoms with van der Waals surface area (Å²) in [6.07, 6.45) is 1.46. The number of allylic oxidation sites excluding steroid dienone is 1. The number of primary amides is 1. The Hall–Kier alpha value is -2.15. The van der Waals surface area contributed by atoms with Gasteiger partial charge < -0.3 is 11.1 Å². The molecule has 0 saturated heterocycles. The van der Waals surface area contributed by atoms with Crippen molar-refractivity contribution in [2.24, 2.45) is 5.73 Å². The predicted octanol–water partition coefficient (Wildman–Crippen LogP) is 1.11. The lowest BCUT2D eigenvalue weighted by atomic mass is 10.0. The number of carbonyl (C=O) groups is 1. The Balaban J connectivity index is 2.21. The van der Waals surface area contributed by atoms with Crippen LogP contribution in [0.3, 0.4) is 0 Å². The van der Waals surface area contributed by atoms with Gasteiger partial charge in [-0.15, -0.1) is 11.3 Å². The number of carbonyl (C=O) groups excluding carboxylic acids is 1. The summed E-state index contributed by atoms with van der Waals surface area (Å²) in [5, 5.41) is 9.17. The number of anilines is 1. The minimum absolute atomic E-state index is 0.291. The highest BCUT2D eigenvalue weighted by Gasteiger charge is 2.32. The molecular formula is C11H11N5OS. The van der Waals surface area contributed by atoms with Crippen molar-refractivity contribution < 1.29 is 4.79 Å². The Labute approximate surface area is 107 Å². The van der Waals surface area contributed by atoms with E-state index in [1.165, 1.54) is 6.33 Å². The van der Waals surface area contributed by atoms with Gasteiger partial charge in [-0.2, -0.15) is 10.1 Å². The molecule has 1 atom stereocenters. The second kappa shape index (κ2) is 3.95. The molecule has 7 heteroatoms. The number of aromatic nitrogens is 3. The number of nitrogens with zero attached hydrogens (tertiary/aromatic N) is 3. The minimum Gasteiger partial charge on any atom is -0.366 e. The quantitative estimate of drug-likeness (QED) is 0.848. The van der Waals surface area contributed by atoms with E-state index in [9.17, 15) is 4.79 Å². The van der Waals surface area contributed by atoms with Gasteiger partial charge in [0.15, 0.2) is 0 Å². The number of hydrogen-bond donors (Lipinski definition) is 2. The molecule has 0 bridgehead atoms. The molecule has 0 spiro atoms. The molecule has 1 aliphatic rings. The summed E-state index contributed by atoms with van der Waals surface area (Å²) in [5.41, 5.74) is 6.73. The van der Waals surface area contributed by atoms with Gasteiger partial charge in [-0.25, -0.2) is 4.68 Å². The van der Waals surface area contributed by atoms with Crippen LogP contribution >= 0.6 is 11.3 Å². The highest BCUT2D eigenvalue weighted by molar-refractivity contribution is 7.10. The van der Waals surface area contributed by atoms with Crippen LogP contribution in [0, 0.1) is 0 Å². The Morgan fingerprint density at radius 2 is 2.44 bits per heavy atom. The molecule has 18 heavy (non-hydrogen) atoms. The Morgan fingerprint density at radius 3 is 3.11 bits per heavy atom. The average molecular weight is 261 g/mol. The molecule has 0 saturated carbocycles. The van der Waals surface area contributed by atoms with E-state index in [0.717, 1.165) is 10.6 Å². The van der Waals surface area contributed by atoms with Crippen molar-refractivity contribution in [1.29, 1.82) is 0 Å². The van der Waals surface area contributed by atoms with E-state index < -0.39 is 5.91 Å². The number of hydrogen-bond acceptors (Lipinski definition) is 5. The maximum atomic E-state index is 11.7. The maximum absolute atomic E-state index is 11.7. The number of thiophene rings is 1. The van der Waals surface area contributed by atoms with Crippen LogP contribution in [0.15, 0.2) is 35.1 Å². The molecule has 1 amide bonds. The highest BCUT2D eigenvalue weighted by Crippen LogP contribution is 2.35. The summed E-state index contributed by atoms with van der Waals surface area (Å²) in [6.45, 7) is 1.82. The first-order valence-corrected chi connectivity index (χ1v) is 6.27. The second-order valence-corrected chi connectivity index (χ2v) is 4.95. The van der Waals surface area contributed by atoms with Crippen molar-refractivity contribution in [2.75, 3.05) is 5.32 Å². The van der Waals surface area contributed by atoms with Crippen LogP contribution in [0.2, 0.25) is 0 Å². The summed E-state index contributed by atoms with van der Waals surface area (Å²) >= 11 is 1.56. The molecule has 0 aromatic carbocycles. The minimum atomic E-state index is -0.445. The van der Waals surface area contributed by atoms with Gasteiger partial charge in [0.25, 0.3) is 0 Å². The maximum Gasteiger partial charge on any atom is 0.248 e. The van der Waals surface area contributed by atoms with Crippen LogP contribution in [0.5, 0.6) is 0 Å². The summed E-state index contributed by atoms with van der Waals surface area (Å²) in [5.74, 6) is 0.176. The van der Waals surface area contributed by atoms with Gasteiger partial charge >= 0.3 is 0 Å². The van der Waals surface area contributed by atoms with Gasteiger partial charge in [-0.3, -0.25) is 4.79 Å². The zero-order valence-electron chi connectivity index (χ0n) is 9.62. The molecular weight excluding hydrogens is 250 g/mol. The van der Waals surface area contributed by atoms with Gasteiger partial charge in [0.1, 0.15) is 12.4 Å². The lowest BCUT2D eigenvalue weighted by molar-refractivity contribution is -0.115. The molecule has 3 rings (SSSR count). The van der Waals surface area contributed by atoms with E-state index in [0.29, 0.717) is 11.5 Å². The van der Waals surface area contributed by atoms with Gasteiger partial charge in [-0.1, -0.05) is 6.07 Å². The Morgan fingerprint density at radius 1 is 1.61 bits per heavy atom. The third-order valence-corrected chi connectivity index (χ3v) is 3.80. The van der Waals surface area contributed by atoms with Gasteiger partial charge in [0, 0.05) is 10.6 Å². The Bertz CT molecular complexity index is 628. The lowest BCUT2D eigenvalue weighted by Crippen LogP contribution is -2.31. The van der Waals surface area contributed by atoms with E-state index in [-0.39, 0.29) is 6.04 Å². The second-order valence-electron chi connectivity index (χ2n) is 3.97. The van der Waals surface area contributed by atoms with Crippen molar-refractivity contribution in [3.8, 4) is 0 Å². The zero-order valence-corrected chi connectivity index (χ0v) is 10.4. The summed E-state index contributed by atoms with van der Waals surface area (Å²) in [6, 6.07) is 3.61. The topological polar surface area (TPSA) is 85.8 Å². The molecule has 3 heterocycles. The fourth-order valence-electron chi connectivity index (χ4n) is 2.12. The number of amides is 1. The molecule has 3 N–H and O–H groups in total. The fourth-order valence-corrected chi connectivity index (χ4v) is 2.94. The van der Waals surface area contributed by atoms with Gasteiger partial charge in [0.2, 0.25) is 11.9 Å². The van der Waals surface area contributed by atoms with E-state index in [2.05, 4.69) is 15.4 Å². The van der Waals surface area contributed by atoms with Crippen LogP contribution in [0.1, 0.15) is 17.8 Å². The smallest absolute Gasteiger partial charge is 0.248 e. The first kappa shape index (κ1) is 11.0. The average Bonchev–Trinajstić information content (AvgIpc) is 2.96. The molecule has 0 aliphatic carbocycles. The summed E-state index contributed by atoms with van der Waals surface area (Å²) in [4.78, 5) is 16.8. The third kappa shape index (κ3) is 1.52. The molecule has 0 radical (unpaired) electrons. The molecule has 1 aliphatic heterocycles. The lowest BCUT2D eigenvalue weighted by Gasteiger charge is -2.26. The zero-order chi connectivity index (χ0) is 12.7. The van der Waals surface area contributed by atoms with E-state index in [1.807, 2.05) is 24.4 Å². The van der Waals surface area contributed by atoms with Crippen molar-refractivity contribution in [3.63, 3.8) is 0 Å². The van der Waals surface area contributed by atoms with Crippen molar-refractivity contribution >= 4 is 23.2 Å². The summed E-state index contributed by atoms with van der Waals surface area (Å²) < 4.78 is 1.68. The molecule has 2 aromatic heterocycles. The number of rotatable bonds is 2. The van der Waals surface area contributed by atoms with E-state index >= 15 is 0 Å². The van der Waals surface area contributed by atoms with Gasteiger partial charge in [0.05, 0.1) is 5.57 Å². The first-order chi connectivity index (χ1) is 8.68. The SMILES string of the molecule is CC1=C(C(N)=O)[C@H](c2cccs2)n2ncnc2N1. The molecule has 2 aromatic rings. The Kier molecular flexibility index (Phi) is 2.41. The number of nitrogens with two attached hydrogens (primary N) is 1. The van der Waals surface area contributed by atoms with E-state index in [4.69, 9.17) is 5.73 Å². The number of nitrogens with one attached hydrogen (secondary N) is 1. The van der Waals surface area contributed by atoms with Gasteiger partial charge in [-0.05, 0) is 18.4 Å². The molecule has 6 nitrogen and oxygen atoms in total. The molecule has 92 valence electrons. The van der Waals surface area contributed by atoms with Crippen LogP contribution < -0.4 is 11.1 Å². The van der Waals surface area contributed by atoms with Crippen molar-refractivity contribution in [3.05, 3.63) is 40.0 Å². The molecule has 0 fully saturated rings. The standard InChI is InChI=1S/C11H11N5OS/c1-6-8(10(12)17)9(7-3-2-4-18-7)16-11(15-6)13-5-14-16/h2-5,9H,1H3,(H2,12,17)(H,13,14,15)/t9-/m0/s1. The largest absolute Gasteiger partial charge is 0.366 e. The van der Waals surface area contributed by atoms with Crippen molar-refractivity contribution in [1.82, 2.24) is 14.8 Å². The first-order valence-electron chi connectivity index (χ1n) is 5.39. The van der Waals surface area contributed by atoms with E-state index in [1.54, 1.807) is 16.0 Å². The van der Waals surface area contributed by atoms with Crippen LogP contribution in [-0.4, -0.2) is 20.7 Å². The highest BCUT2D eigenvalue weighted by atomic mass is 32.1. The predicted molar refractivity (Wildman–Crippen MR) is 68.0 cm³/mol. The van der Waals surface area contributed by atoms with Crippen LogP contribution in [0.25, 0.3) is 0 Å².